The van der Waals surface area contributed by atoms with Gasteiger partial charge in [0.1, 0.15) is 30.0 Å². The van der Waals surface area contributed by atoms with E-state index in [2.05, 4.69) is 15.7 Å². The number of hydrogen-bond donors (Lipinski definition) is 0. The van der Waals surface area contributed by atoms with Gasteiger partial charge in [0.05, 0.1) is 16.6 Å². The van der Waals surface area contributed by atoms with Crippen LogP contribution in [-0.4, -0.2) is 88.0 Å². The number of carbonyl (C=O) groups is 1. The predicted molar refractivity (Wildman–Crippen MR) is 186 cm³/mol. The maximum Gasteiger partial charge on any atom is 0.410 e. The number of benzene rings is 3. The van der Waals surface area contributed by atoms with Gasteiger partial charge in [-0.2, -0.15) is 9.97 Å². The largest absolute Gasteiger partial charge is 0.461 e. The summed E-state index contributed by atoms with van der Waals surface area (Å²) in [6.07, 6.45) is 8.81. The van der Waals surface area contributed by atoms with Crippen LogP contribution in [0.15, 0.2) is 48.5 Å². The van der Waals surface area contributed by atoms with Crippen LogP contribution in [0.1, 0.15) is 58.4 Å². The second kappa shape index (κ2) is 11.8. The first-order valence-corrected chi connectivity index (χ1v) is 17.3. The van der Waals surface area contributed by atoms with Crippen molar-refractivity contribution in [1.82, 2.24) is 19.8 Å². The summed E-state index contributed by atoms with van der Waals surface area (Å²) in [7, 11) is 0. The molecule has 8 nitrogen and oxygen atoms in total. The second-order valence-corrected chi connectivity index (χ2v) is 15.1. The molecule has 4 saturated heterocycles. The van der Waals surface area contributed by atoms with Gasteiger partial charge in [-0.3, -0.25) is 4.90 Å². The van der Waals surface area contributed by atoms with E-state index in [1.807, 2.05) is 62.1 Å². The van der Waals surface area contributed by atoms with Crippen LogP contribution in [0.4, 0.5) is 19.4 Å². The summed E-state index contributed by atoms with van der Waals surface area (Å²) < 4.78 is 41.7. The van der Waals surface area contributed by atoms with Crippen LogP contribution < -0.4 is 9.64 Å². The number of likely N-dealkylation sites (tertiary alicyclic amines) is 1. The summed E-state index contributed by atoms with van der Waals surface area (Å²) >= 11 is 0. The number of nitrogens with zero attached hydrogens (tertiary/aromatic N) is 5. The lowest BCUT2D eigenvalue weighted by Crippen LogP contribution is -2.56. The lowest BCUT2D eigenvalue weighted by atomic mass is 9.94. The van der Waals surface area contributed by atoms with Crippen LogP contribution in [0, 0.1) is 18.2 Å². The van der Waals surface area contributed by atoms with Crippen LogP contribution >= 0.6 is 0 Å². The Balaban J connectivity index is 1.20. The molecule has 4 atom stereocenters. The van der Waals surface area contributed by atoms with Crippen LogP contribution in [-0.2, 0) is 4.74 Å². The molecule has 4 aliphatic heterocycles. The van der Waals surface area contributed by atoms with E-state index in [0.717, 1.165) is 59.9 Å². The fourth-order valence-electron chi connectivity index (χ4n) is 8.63. The summed E-state index contributed by atoms with van der Waals surface area (Å²) in [5, 5.41) is 2.38. The summed E-state index contributed by atoms with van der Waals surface area (Å²) in [5.74, 6) is 2.88. The number of alkyl halides is 1. The molecule has 4 aromatic rings. The number of ether oxygens (including phenoxy) is 2. The second-order valence-electron chi connectivity index (χ2n) is 15.1. The van der Waals surface area contributed by atoms with Gasteiger partial charge in [0.2, 0.25) is 0 Å². The molecule has 4 fully saturated rings. The number of piperazine rings is 1. The number of amides is 1. The van der Waals surface area contributed by atoms with E-state index in [-0.39, 0.29) is 35.3 Å². The molecular formula is C39H41F2N5O3. The van der Waals surface area contributed by atoms with E-state index in [1.165, 1.54) is 6.07 Å². The van der Waals surface area contributed by atoms with Gasteiger partial charge in [0.15, 0.2) is 0 Å². The van der Waals surface area contributed by atoms with E-state index in [1.54, 1.807) is 6.07 Å². The molecule has 2 bridgehead atoms. The topological polar surface area (TPSA) is 71.0 Å². The first kappa shape index (κ1) is 31.8. The highest BCUT2D eigenvalue weighted by atomic mass is 19.1. The van der Waals surface area contributed by atoms with Gasteiger partial charge in [-0.05, 0) is 87.7 Å². The Labute approximate surface area is 285 Å². The number of anilines is 1. The zero-order valence-corrected chi connectivity index (χ0v) is 28.2. The van der Waals surface area contributed by atoms with Gasteiger partial charge in [0, 0.05) is 48.9 Å². The van der Waals surface area contributed by atoms with Gasteiger partial charge in [-0.25, -0.2) is 13.6 Å². The third kappa shape index (κ3) is 5.62. The summed E-state index contributed by atoms with van der Waals surface area (Å²) in [5.41, 5.74) is 1.62. The van der Waals surface area contributed by atoms with E-state index < -0.39 is 17.6 Å². The molecule has 0 N–H and O–H groups in total. The normalized spacial score (nSPS) is 25.2. The Hall–Kier alpha value is -4.49. The number of fused-ring (bicyclic) bond motifs is 5. The SMILES string of the molecule is C#Cc1c(F)ccc2cccc(-c3ccc4c(N5C6CCC5CN(C(=O)OC(C)(C)C)C6)nc(OC[C@@]56CCCN5C[C@H](F)C6)nc4c3)c12. The molecule has 3 aromatic carbocycles. The van der Waals surface area contributed by atoms with Crippen molar-refractivity contribution in [2.45, 2.75) is 82.3 Å². The average Bonchev–Trinajstić information content (AvgIpc) is 3.68. The van der Waals surface area contributed by atoms with Gasteiger partial charge in [0.25, 0.3) is 0 Å². The van der Waals surface area contributed by atoms with Crippen molar-refractivity contribution in [3.05, 3.63) is 59.9 Å². The van der Waals surface area contributed by atoms with Crippen molar-refractivity contribution in [2.24, 2.45) is 0 Å². The molecule has 8 rings (SSSR count). The number of rotatable bonds is 5. The number of carbonyl (C=O) groups excluding carboxylic acids is 1. The average molecular weight is 666 g/mol. The van der Waals surface area contributed by atoms with Gasteiger partial charge < -0.3 is 19.3 Å². The Kier molecular flexibility index (Phi) is 7.67. The van der Waals surface area contributed by atoms with Crippen LogP contribution in [0.25, 0.3) is 32.8 Å². The highest BCUT2D eigenvalue weighted by Crippen LogP contribution is 2.43. The quantitative estimate of drug-likeness (QED) is 0.211. The molecule has 1 amide bonds. The molecule has 49 heavy (non-hydrogen) atoms. The molecule has 5 heterocycles. The van der Waals surface area contributed by atoms with Crippen LogP contribution in [0.3, 0.4) is 0 Å². The Morgan fingerprint density at radius 3 is 2.63 bits per heavy atom. The molecule has 254 valence electrons. The molecule has 4 aliphatic rings. The molecule has 0 radical (unpaired) electrons. The number of halogens is 2. The first-order chi connectivity index (χ1) is 23.5. The van der Waals surface area contributed by atoms with E-state index >= 15 is 0 Å². The Bertz CT molecular complexity index is 1990. The number of aromatic nitrogens is 2. The first-order valence-electron chi connectivity index (χ1n) is 17.3. The minimum atomic E-state index is -0.866. The van der Waals surface area contributed by atoms with E-state index in [0.29, 0.717) is 43.6 Å². The Morgan fingerprint density at radius 1 is 1.08 bits per heavy atom. The van der Waals surface area contributed by atoms with Crippen molar-refractivity contribution in [1.29, 1.82) is 0 Å². The van der Waals surface area contributed by atoms with Crippen LogP contribution in [0.5, 0.6) is 6.01 Å². The van der Waals surface area contributed by atoms with Crippen molar-refractivity contribution >= 4 is 33.6 Å². The van der Waals surface area contributed by atoms with E-state index in [9.17, 15) is 13.6 Å². The predicted octanol–water partition coefficient (Wildman–Crippen LogP) is 7.11. The molecule has 1 aromatic heterocycles. The third-order valence-electron chi connectivity index (χ3n) is 10.7. The fourth-order valence-corrected chi connectivity index (χ4v) is 8.63. The minimum absolute atomic E-state index is 0.0437. The lowest BCUT2D eigenvalue weighted by Gasteiger charge is -2.42. The maximum absolute atomic E-state index is 14.9. The fraction of sp³-hybridized carbons (Fsp3) is 0.462. The molecule has 10 heteroatoms. The molecular weight excluding hydrogens is 624 g/mol. The van der Waals surface area contributed by atoms with Crippen molar-refractivity contribution < 1.29 is 23.0 Å². The van der Waals surface area contributed by atoms with Gasteiger partial charge in [-0.15, -0.1) is 6.42 Å². The zero-order valence-electron chi connectivity index (χ0n) is 28.2. The smallest absolute Gasteiger partial charge is 0.410 e. The summed E-state index contributed by atoms with van der Waals surface area (Å²) in [6.45, 7) is 8.31. The highest BCUT2D eigenvalue weighted by molar-refractivity contribution is 6.03. The van der Waals surface area contributed by atoms with E-state index in [4.69, 9.17) is 25.9 Å². The number of terminal acetylenes is 1. The van der Waals surface area contributed by atoms with Crippen molar-refractivity contribution in [3.63, 3.8) is 0 Å². The van der Waals surface area contributed by atoms with Gasteiger partial charge in [-0.1, -0.05) is 36.3 Å². The van der Waals surface area contributed by atoms with Crippen molar-refractivity contribution in [2.75, 3.05) is 37.7 Å². The van der Waals surface area contributed by atoms with Crippen LogP contribution in [0.2, 0.25) is 0 Å². The minimum Gasteiger partial charge on any atom is -0.461 e. The third-order valence-corrected chi connectivity index (χ3v) is 10.7. The highest BCUT2D eigenvalue weighted by Gasteiger charge is 2.49. The summed E-state index contributed by atoms with van der Waals surface area (Å²) in [4.78, 5) is 29.4. The summed E-state index contributed by atoms with van der Waals surface area (Å²) in [6, 6.07) is 15.3. The number of hydrogen-bond acceptors (Lipinski definition) is 7. The zero-order chi connectivity index (χ0) is 34.1. The standard InChI is InChI=1S/C39H41F2N5O3/c1-5-29-32(41)15-11-24-8-6-9-30(34(24)29)25-10-14-31-33(18-25)42-36(48-23-39-16-7-17-45(39)20-26(40)19-39)43-35(31)46-27-12-13-28(46)22-44(21-27)37(47)49-38(2,3)4/h1,6,8-11,14-15,18,26-28H,7,12-13,16-17,19-23H2,2-4H3/t26-,27?,28?,39+/m1/s1. The molecule has 0 spiro atoms. The monoisotopic (exact) mass is 665 g/mol. The maximum atomic E-state index is 14.9. The lowest BCUT2D eigenvalue weighted by molar-refractivity contribution is 0.0209. The Morgan fingerprint density at radius 2 is 1.88 bits per heavy atom. The molecule has 0 aliphatic carbocycles. The molecule has 2 unspecified atom stereocenters. The van der Waals surface area contributed by atoms with Gasteiger partial charge >= 0.3 is 12.1 Å². The molecule has 0 saturated carbocycles. The van der Waals surface area contributed by atoms with Crippen molar-refractivity contribution in [3.8, 4) is 29.5 Å².